The second-order valence-electron chi connectivity index (χ2n) is 8.73. The summed E-state index contributed by atoms with van der Waals surface area (Å²) in [5, 5.41) is 7.61. The van der Waals surface area contributed by atoms with E-state index in [9.17, 15) is 4.79 Å². The number of nitrogens with one attached hydrogen (secondary N) is 2. The number of hydrogen-bond acceptors (Lipinski definition) is 4. The van der Waals surface area contributed by atoms with E-state index in [-0.39, 0.29) is 6.09 Å². The van der Waals surface area contributed by atoms with Crippen molar-refractivity contribution in [3.05, 3.63) is 0 Å². The Bertz CT molecular complexity index is 398. The topological polar surface area (TPSA) is 53.6 Å². The molecule has 5 heteroatoms. The largest absolute Gasteiger partial charge is 0.444 e. The van der Waals surface area contributed by atoms with Gasteiger partial charge in [0.1, 0.15) is 5.60 Å². The molecule has 2 rings (SSSR count). The Morgan fingerprint density at radius 3 is 2.17 bits per heavy atom. The first-order valence-electron chi connectivity index (χ1n) is 9.74. The first-order chi connectivity index (χ1) is 11.2. The molecule has 140 valence electrons. The number of piperidine rings is 1. The van der Waals surface area contributed by atoms with Crippen LogP contribution in [0.4, 0.5) is 4.79 Å². The Hall–Kier alpha value is -0.810. The Labute approximate surface area is 147 Å². The minimum atomic E-state index is -0.413. The smallest absolute Gasteiger partial charge is 0.410 e. The van der Waals surface area contributed by atoms with Crippen LogP contribution in [0.2, 0.25) is 0 Å². The van der Waals surface area contributed by atoms with Gasteiger partial charge in [0.15, 0.2) is 0 Å². The zero-order chi connectivity index (χ0) is 17.7. The molecule has 2 atom stereocenters. The van der Waals surface area contributed by atoms with Crippen LogP contribution in [0.5, 0.6) is 0 Å². The Kier molecular flexibility index (Phi) is 6.93. The van der Waals surface area contributed by atoms with Gasteiger partial charge in [0.2, 0.25) is 0 Å². The van der Waals surface area contributed by atoms with Gasteiger partial charge in [-0.05, 0) is 46.5 Å². The van der Waals surface area contributed by atoms with Crippen molar-refractivity contribution in [1.29, 1.82) is 0 Å². The van der Waals surface area contributed by atoms with Gasteiger partial charge in [0.25, 0.3) is 0 Å². The molecule has 1 saturated carbocycles. The summed E-state index contributed by atoms with van der Waals surface area (Å²) in [6.07, 6.45) is 7.06. The summed E-state index contributed by atoms with van der Waals surface area (Å²) in [5.41, 5.74) is -0.413. The molecule has 0 aromatic rings. The van der Waals surface area contributed by atoms with Crippen LogP contribution in [0.3, 0.4) is 0 Å². The van der Waals surface area contributed by atoms with Crippen LogP contribution < -0.4 is 10.6 Å². The zero-order valence-electron chi connectivity index (χ0n) is 16.2. The predicted molar refractivity (Wildman–Crippen MR) is 98.3 cm³/mol. The standard InChI is InChI=1S/C19H37N3O2/c1-14(2)20-16-8-6-7-9-17(16)21-15-10-12-22(13-11-15)18(23)24-19(3,4)5/h14-17,20-21H,6-13H2,1-5H3/t16-,17-/m0/s1. The van der Waals surface area contributed by atoms with E-state index in [0.29, 0.717) is 24.2 Å². The van der Waals surface area contributed by atoms with Crippen molar-refractivity contribution in [3.8, 4) is 0 Å². The molecule has 2 fully saturated rings. The van der Waals surface area contributed by atoms with E-state index in [1.54, 1.807) is 0 Å². The lowest BCUT2D eigenvalue weighted by atomic mass is 9.88. The fourth-order valence-electron chi connectivity index (χ4n) is 3.82. The van der Waals surface area contributed by atoms with Gasteiger partial charge in [-0.25, -0.2) is 4.79 Å². The van der Waals surface area contributed by atoms with Gasteiger partial charge in [0.05, 0.1) is 0 Å². The van der Waals surface area contributed by atoms with Crippen molar-refractivity contribution < 1.29 is 9.53 Å². The number of likely N-dealkylation sites (tertiary alicyclic amines) is 1. The van der Waals surface area contributed by atoms with E-state index >= 15 is 0 Å². The van der Waals surface area contributed by atoms with Gasteiger partial charge >= 0.3 is 6.09 Å². The first kappa shape index (κ1) is 19.5. The van der Waals surface area contributed by atoms with Crippen LogP contribution in [0.25, 0.3) is 0 Å². The summed E-state index contributed by atoms with van der Waals surface area (Å²) in [6.45, 7) is 11.8. The minimum absolute atomic E-state index is 0.169. The molecule has 0 spiro atoms. The normalized spacial score (nSPS) is 26.7. The van der Waals surface area contributed by atoms with Crippen LogP contribution in [-0.4, -0.2) is 53.9 Å². The number of amides is 1. The highest BCUT2D eigenvalue weighted by Gasteiger charge is 2.31. The molecule has 24 heavy (non-hydrogen) atoms. The highest BCUT2D eigenvalue weighted by Crippen LogP contribution is 2.22. The third kappa shape index (κ3) is 6.25. The molecule has 0 aromatic heterocycles. The van der Waals surface area contributed by atoms with Gasteiger partial charge in [-0.15, -0.1) is 0 Å². The molecule has 0 radical (unpaired) electrons. The van der Waals surface area contributed by atoms with E-state index in [1.165, 1.54) is 25.7 Å². The molecule has 2 aliphatic rings. The number of carbonyl (C=O) groups excluding carboxylic acids is 1. The third-order valence-electron chi connectivity index (χ3n) is 4.91. The van der Waals surface area contributed by atoms with Crippen LogP contribution >= 0.6 is 0 Å². The highest BCUT2D eigenvalue weighted by atomic mass is 16.6. The second-order valence-corrected chi connectivity index (χ2v) is 8.73. The van der Waals surface area contributed by atoms with E-state index in [0.717, 1.165) is 25.9 Å². The maximum Gasteiger partial charge on any atom is 0.410 e. The highest BCUT2D eigenvalue weighted by molar-refractivity contribution is 5.68. The maximum absolute atomic E-state index is 12.2. The van der Waals surface area contributed by atoms with Crippen molar-refractivity contribution in [1.82, 2.24) is 15.5 Å². The number of ether oxygens (including phenoxy) is 1. The van der Waals surface area contributed by atoms with Crippen molar-refractivity contribution in [2.24, 2.45) is 0 Å². The van der Waals surface area contributed by atoms with Crippen molar-refractivity contribution >= 4 is 6.09 Å². The SMILES string of the molecule is CC(C)N[C@H]1CCCC[C@@H]1NC1CCN(C(=O)OC(C)(C)C)CC1. The summed E-state index contributed by atoms with van der Waals surface area (Å²) in [7, 11) is 0. The maximum atomic E-state index is 12.2. The van der Waals surface area contributed by atoms with Gasteiger partial charge in [-0.3, -0.25) is 0 Å². The molecule has 1 amide bonds. The average Bonchev–Trinajstić information content (AvgIpc) is 2.48. The molecular formula is C19H37N3O2. The molecule has 1 aliphatic heterocycles. The lowest BCUT2D eigenvalue weighted by molar-refractivity contribution is 0.0192. The Balaban J connectivity index is 1.78. The molecule has 0 aromatic carbocycles. The zero-order valence-corrected chi connectivity index (χ0v) is 16.2. The third-order valence-corrected chi connectivity index (χ3v) is 4.91. The monoisotopic (exact) mass is 339 g/mol. The molecule has 5 nitrogen and oxygen atoms in total. The number of carbonyl (C=O) groups is 1. The summed E-state index contributed by atoms with van der Waals surface area (Å²) in [5.74, 6) is 0. The number of rotatable bonds is 4. The second kappa shape index (κ2) is 8.52. The number of nitrogens with zero attached hydrogens (tertiary/aromatic N) is 1. The lowest BCUT2D eigenvalue weighted by Crippen LogP contribution is -2.56. The number of hydrogen-bond donors (Lipinski definition) is 2. The molecule has 0 bridgehead atoms. The molecule has 2 N–H and O–H groups in total. The molecule has 1 heterocycles. The fraction of sp³-hybridized carbons (Fsp3) is 0.947. The van der Waals surface area contributed by atoms with Crippen LogP contribution in [0, 0.1) is 0 Å². The van der Waals surface area contributed by atoms with Crippen LogP contribution in [-0.2, 0) is 4.74 Å². The Morgan fingerprint density at radius 2 is 1.62 bits per heavy atom. The summed E-state index contributed by atoms with van der Waals surface area (Å²) in [6, 6.07) is 2.21. The van der Waals surface area contributed by atoms with E-state index in [2.05, 4.69) is 24.5 Å². The van der Waals surface area contributed by atoms with E-state index < -0.39 is 5.60 Å². The van der Waals surface area contributed by atoms with E-state index in [1.807, 2.05) is 25.7 Å². The van der Waals surface area contributed by atoms with Gasteiger partial charge in [-0.2, -0.15) is 0 Å². The summed E-state index contributed by atoms with van der Waals surface area (Å²) < 4.78 is 5.48. The van der Waals surface area contributed by atoms with Crippen molar-refractivity contribution in [3.63, 3.8) is 0 Å². The van der Waals surface area contributed by atoms with E-state index in [4.69, 9.17) is 4.74 Å². The fourth-order valence-corrected chi connectivity index (χ4v) is 3.82. The van der Waals surface area contributed by atoms with Gasteiger partial charge in [0, 0.05) is 37.3 Å². The summed E-state index contributed by atoms with van der Waals surface area (Å²) in [4.78, 5) is 14.0. The van der Waals surface area contributed by atoms with Gasteiger partial charge in [-0.1, -0.05) is 26.7 Å². The minimum Gasteiger partial charge on any atom is -0.444 e. The molecular weight excluding hydrogens is 302 g/mol. The quantitative estimate of drug-likeness (QED) is 0.825. The first-order valence-corrected chi connectivity index (χ1v) is 9.74. The molecule has 0 unspecified atom stereocenters. The van der Waals surface area contributed by atoms with Crippen molar-refractivity contribution in [2.45, 2.75) is 103 Å². The lowest BCUT2D eigenvalue weighted by Gasteiger charge is -2.39. The predicted octanol–water partition coefficient (Wildman–Crippen LogP) is 3.28. The average molecular weight is 340 g/mol. The molecule has 1 saturated heterocycles. The Morgan fingerprint density at radius 1 is 1.04 bits per heavy atom. The van der Waals surface area contributed by atoms with Crippen LogP contribution in [0.1, 0.15) is 73.1 Å². The van der Waals surface area contributed by atoms with Gasteiger partial charge < -0.3 is 20.3 Å². The summed E-state index contributed by atoms with van der Waals surface area (Å²) >= 11 is 0. The van der Waals surface area contributed by atoms with Crippen molar-refractivity contribution in [2.75, 3.05) is 13.1 Å². The molecule has 1 aliphatic carbocycles. The van der Waals surface area contributed by atoms with Crippen LogP contribution in [0.15, 0.2) is 0 Å².